The van der Waals surface area contributed by atoms with Gasteiger partial charge in [-0.15, -0.1) is 0 Å². The second kappa shape index (κ2) is 8.02. The van der Waals surface area contributed by atoms with Gasteiger partial charge in [-0.2, -0.15) is 0 Å². The summed E-state index contributed by atoms with van der Waals surface area (Å²) < 4.78 is 9.84. The highest BCUT2D eigenvalue weighted by Crippen LogP contribution is 2.04. The van der Waals surface area contributed by atoms with Crippen LogP contribution in [-0.2, 0) is 9.47 Å². The van der Waals surface area contributed by atoms with Crippen LogP contribution < -0.4 is 0 Å². The number of ether oxygens (including phenoxy) is 2. The Bertz CT molecular complexity index is 66.0. The minimum Gasteiger partial charge on any atom is -0.381 e. The van der Waals surface area contributed by atoms with Crippen LogP contribution in [0.15, 0.2) is 0 Å². The van der Waals surface area contributed by atoms with E-state index in [9.17, 15) is 0 Å². The van der Waals surface area contributed by atoms with Crippen molar-refractivity contribution < 1.29 is 9.47 Å². The zero-order valence-corrected chi connectivity index (χ0v) is 7.93. The highest BCUT2D eigenvalue weighted by Gasteiger charge is 2.13. The molecule has 0 amide bonds. The number of epoxide rings is 1. The van der Waals surface area contributed by atoms with Gasteiger partial charge >= 0.3 is 0 Å². The van der Waals surface area contributed by atoms with Crippen molar-refractivity contribution in [3.8, 4) is 0 Å². The van der Waals surface area contributed by atoms with Crippen LogP contribution >= 0.6 is 0 Å². The van der Waals surface area contributed by atoms with Crippen molar-refractivity contribution >= 4 is 0 Å². The summed E-state index contributed by atoms with van der Waals surface area (Å²) in [6, 6.07) is 0. The zero-order chi connectivity index (χ0) is 8.53. The minimum absolute atomic E-state index is 0.583. The molecule has 1 saturated heterocycles. The van der Waals surface area contributed by atoms with E-state index in [2.05, 4.69) is 20.8 Å². The molecule has 1 unspecified atom stereocenters. The van der Waals surface area contributed by atoms with Gasteiger partial charge in [0.15, 0.2) is 0 Å². The van der Waals surface area contributed by atoms with Gasteiger partial charge in [-0.05, 0) is 19.8 Å². The van der Waals surface area contributed by atoms with Crippen LogP contribution in [0.2, 0.25) is 0 Å². The lowest BCUT2D eigenvalue weighted by atomic mass is 10.5. The lowest BCUT2D eigenvalue weighted by Crippen LogP contribution is -1.92. The van der Waals surface area contributed by atoms with Gasteiger partial charge in [0.1, 0.15) is 0 Å². The molecule has 1 rings (SSSR count). The first-order valence-corrected chi connectivity index (χ1v) is 4.50. The fourth-order valence-electron chi connectivity index (χ4n) is 0.487. The third kappa shape index (κ3) is 13.0. The van der Waals surface area contributed by atoms with Crippen molar-refractivity contribution in [1.82, 2.24) is 0 Å². The van der Waals surface area contributed by atoms with Crippen molar-refractivity contribution in [2.24, 2.45) is 0 Å². The Morgan fingerprint density at radius 2 is 1.64 bits per heavy atom. The monoisotopic (exact) mass is 160 g/mol. The summed E-state index contributed by atoms with van der Waals surface area (Å²) in [6.07, 6.45) is 2.86. The Kier molecular flexibility index (Phi) is 7.96. The van der Waals surface area contributed by atoms with Crippen molar-refractivity contribution in [1.29, 1.82) is 0 Å². The molecule has 1 atom stereocenters. The van der Waals surface area contributed by atoms with Crippen LogP contribution in [0.1, 0.15) is 33.6 Å². The van der Waals surface area contributed by atoms with Crippen molar-refractivity contribution in [3.05, 3.63) is 0 Å². The molecule has 2 heteroatoms. The third-order valence-corrected chi connectivity index (χ3v) is 1.20. The van der Waals surface area contributed by atoms with Crippen molar-refractivity contribution in [3.63, 3.8) is 0 Å². The molecular formula is C9H20O2. The number of hydrogen-bond acceptors (Lipinski definition) is 2. The summed E-state index contributed by atoms with van der Waals surface area (Å²) >= 11 is 0. The standard InChI is InChI=1S/C6H14O.C3H6O/c1-3-5-7-6-4-2;1-3-2-4-3/h3-6H2,1-2H3;3H,2H2,1H3. The Hall–Kier alpha value is -0.0800. The fraction of sp³-hybridized carbons (Fsp3) is 1.00. The van der Waals surface area contributed by atoms with Crippen LogP contribution in [0.3, 0.4) is 0 Å². The second-order valence-electron chi connectivity index (χ2n) is 2.76. The Balaban J connectivity index is 0.000000207. The Morgan fingerprint density at radius 3 is 1.82 bits per heavy atom. The van der Waals surface area contributed by atoms with E-state index in [4.69, 9.17) is 9.47 Å². The third-order valence-electron chi connectivity index (χ3n) is 1.20. The number of rotatable bonds is 4. The molecule has 1 heterocycles. The van der Waals surface area contributed by atoms with Gasteiger partial charge < -0.3 is 9.47 Å². The maximum atomic E-state index is 5.13. The van der Waals surface area contributed by atoms with Gasteiger partial charge in [0.2, 0.25) is 0 Å². The molecule has 0 bridgehead atoms. The largest absolute Gasteiger partial charge is 0.381 e. The highest BCUT2D eigenvalue weighted by atomic mass is 16.6. The molecule has 0 aromatic heterocycles. The first kappa shape index (κ1) is 10.9. The van der Waals surface area contributed by atoms with Crippen LogP contribution in [0.4, 0.5) is 0 Å². The van der Waals surface area contributed by atoms with E-state index in [1.165, 1.54) is 0 Å². The van der Waals surface area contributed by atoms with E-state index in [0.717, 1.165) is 32.7 Å². The first-order chi connectivity index (χ1) is 5.31. The summed E-state index contributed by atoms with van der Waals surface area (Å²) in [4.78, 5) is 0. The summed E-state index contributed by atoms with van der Waals surface area (Å²) in [6.45, 7) is 9.13. The predicted octanol–water partition coefficient (Wildman–Crippen LogP) is 2.23. The SMILES string of the molecule is CC1CO1.CCCOCCC. The van der Waals surface area contributed by atoms with Crippen LogP contribution in [0, 0.1) is 0 Å². The molecular weight excluding hydrogens is 140 g/mol. The molecule has 1 aliphatic heterocycles. The quantitative estimate of drug-likeness (QED) is 0.464. The smallest absolute Gasteiger partial charge is 0.0781 e. The maximum Gasteiger partial charge on any atom is 0.0781 e. The van der Waals surface area contributed by atoms with E-state index in [1.54, 1.807) is 0 Å². The molecule has 1 fully saturated rings. The van der Waals surface area contributed by atoms with Crippen molar-refractivity contribution in [2.75, 3.05) is 19.8 Å². The molecule has 2 nitrogen and oxygen atoms in total. The van der Waals surface area contributed by atoms with Gasteiger partial charge in [-0.1, -0.05) is 13.8 Å². The molecule has 11 heavy (non-hydrogen) atoms. The van der Waals surface area contributed by atoms with Gasteiger partial charge in [0.05, 0.1) is 12.7 Å². The average molecular weight is 160 g/mol. The van der Waals surface area contributed by atoms with Gasteiger partial charge in [-0.3, -0.25) is 0 Å². The predicted molar refractivity (Wildman–Crippen MR) is 46.8 cm³/mol. The summed E-state index contributed by atoms with van der Waals surface area (Å²) in [7, 11) is 0. The van der Waals surface area contributed by atoms with E-state index in [0.29, 0.717) is 6.10 Å². The van der Waals surface area contributed by atoms with Gasteiger partial charge in [0.25, 0.3) is 0 Å². The molecule has 0 saturated carbocycles. The van der Waals surface area contributed by atoms with E-state index < -0.39 is 0 Å². The minimum atomic E-state index is 0.583. The molecule has 0 aromatic carbocycles. The zero-order valence-electron chi connectivity index (χ0n) is 7.93. The van der Waals surface area contributed by atoms with Crippen molar-refractivity contribution in [2.45, 2.75) is 39.7 Å². The van der Waals surface area contributed by atoms with Crippen LogP contribution in [-0.4, -0.2) is 25.9 Å². The highest BCUT2D eigenvalue weighted by molar-refractivity contribution is 4.58. The molecule has 0 radical (unpaired) electrons. The van der Waals surface area contributed by atoms with E-state index in [1.807, 2.05) is 0 Å². The molecule has 1 aliphatic rings. The van der Waals surface area contributed by atoms with E-state index in [-0.39, 0.29) is 0 Å². The first-order valence-electron chi connectivity index (χ1n) is 4.50. The Labute approximate surface area is 69.9 Å². The molecule has 68 valence electrons. The van der Waals surface area contributed by atoms with Gasteiger partial charge in [-0.25, -0.2) is 0 Å². The van der Waals surface area contributed by atoms with Crippen LogP contribution in [0.5, 0.6) is 0 Å². The summed E-state index contributed by atoms with van der Waals surface area (Å²) in [5.74, 6) is 0. The molecule has 0 aliphatic carbocycles. The summed E-state index contributed by atoms with van der Waals surface area (Å²) in [5, 5.41) is 0. The topological polar surface area (TPSA) is 21.8 Å². The van der Waals surface area contributed by atoms with E-state index >= 15 is 0 Å². The lowest BCUT2D eigenvalue weighted by molar-refractivity contribution is 0.135. The normalized spacial score (nSPS) is 20.5. The molecule has 0 aromatic rings. The Morgan fingerprint density at radius 1 is 1.27 bits per heavy atom. The van der Waals surface area contributed by atoms with Crippen LogP contribution in [0.25, 0.3) is 0 Å². The second-order valence-corrected chi connectivity index (χ2v) is 2.76. The maximum absolute atomic E-state index is 5.13. The fourth-order valence-corrected chi connectivity index (χ4v) is 0.487. The summed E-state index contributed by atoms with van der Waals surface area (Å²) in [5.41, 5.74) is 0. The van der Waals surface area contributed by atoms with Gasteiger partial charge in [0, 0.05) is 13.2 Å². The molecule has 0 N–H and O–H groups in total. The lowest BCUT2D eigenvalue weighted by Gasteiger charge is -1.95. The molecule has 0 spiro atoms. The average Bonchev–Trinajstić information content (AvgIpc) is 2.75. The number of hydrogen-bond donors (Lipinski definition) is 0.